The van der Waals surface area contributed by atoms with Gasteiger partial charge in [0.25, 0.3) is 0 Å². The van der Waals surface area contributed by atoms with Gasteiger partial charge >= 0.3 is 6.03 Å². The van der Waals surface area contributed by atoms with E-state index >= 15 is 0 Å². The quantitative estimate of drug-likeness (QED) is 0.825. The molecule has 0 heterocycles. The molecule has 0 saturated carbocycles. The van der Waals surface area contributed by atoms with Crippen LogP contribution in [0.1, 0.15) is 22.8 Å². The molecule has 0 radical (unpaired) electrons. The van der Waals surface area contributed by atoms with Crippen molar-refractivity contribution in [2.45, 2.75) is 6.92 Å². The van der Waals surface area contributed by atoms with Gasteiger partial charge in [-0.2, -0.15) is 0 Å². The lowest BCUT2D eigenvalue weighted by Gasteiger charge is -2.05. The third kappa shape index (κ3) is 4.75. The molecule has 0 bridgehead atoms. The van der Waals surface area contributed by atoms with Crippen LogP contribution in [-0.2, 0) is 0 Å². The van der Waals surface area contributed by atoms with E-state index in [2.05, 4.69) is 10.6 Å². The first kappa shape index (κ1) is 15.8. The van der Waals surface area contributed by atoms with Gasteiger partial charge in [0.15, 0.2) is 5.78 Å². The topological polar surface area (TPSA) is 58.2 Å². The van der Waals surface area contributed by atoms with Crippen LogP contribution >= 0.6 is 11.6 Å². The molecular formula is C17H15ClN2O2. The van der Waals surface area contributed by atoms with Crippen molar-refractivity contribution in [2.24, 2.45) is 0 Å². The van der Waals surface area contributed by atoms with Crippen LogP contribution in [0.3, 0.4) is 0 Å². The van der Waals surface area contributed by atoms with Crippen molar-refractivity contribution in [2.75, 3.05) is 5.32 Å². The Morgan fingerprint density at radius 2 is 1.82 bits per heavy atom. The van der Waals surface area contributed by atoms with Crippen molar-refractivity contribution < 1.29 is 9.59 Å². The van der Waals surface area contributed by atoms with Crippen molar-refractivity contribution in [1.29, 1.82) is 0 Å². The van der Waals surface area contributed by atoms with Crippen molar-refractivity contribution in [3.63, 3.8) is 0 Å². The second-order valence-electron chi connectivity index (χ2n) is 4.62. The predicted molar refractivity (Wildman–Crippen MR) is 89.1 cm³/mol. The van der Waals surface area contributed by atoms with Gasteiger partial charge in [0.1, 0.15) is 0 Å². The third-order valence-electron chi connectivity index (χ3n) is 2.89. The first-order valence-electron chi connectivity index (χ1n) is 6.65. The lowest BCUT2D eigenvalue weighted by atomic mass is 10.1. The molecule has 2 rings (SSSR count). The SMILES string of the molecule is CC(=O)c1cccc(NC(=O)N/C=C/c2ccc(Cl)cc2)c1. The lowest BCUT2D eigenvalue weighted by Crippen LogP contribution is -2.23. The number of rotatable bonds is 4. The Balaban J connectivity index is 1.91. The van der Waals surface area contributed by atoms with Gasteiger partial charge in [-0.25, -0.2) is 4.79 Å². The summed E-state index contributed by atoms with van der Waals surface area (Å²) in [6, 6.07) is 13.6. The number of halogens is 1. The van der Waals surface area contributed by atoms with Gasteiger partial charge in [0.2, 0.25) is 0 Å². The van der Waals surface area contributed by atoms with E-state index in [1.54, 1.807) is 42.5 Å². The summed E-state index contributed by atoms with van der Waals surface area (Å²) in [6.07, 6.45) is 3.29. The maximum atomic E-state index is 11.8. The van der Waals surface area contributed by atoms with Crippen molar-refractivity contribution in [3.05, 3.63) is 70.9 Å². The Bertz CT molecular complexity index is 709. The molecule has 2 N–H and O–H groups in total. The van der Waals surface area contributed by atoms with Crippen LogP contribution in [0.15, 0.2) is 54.7 Å². The van der Waals surface area contributed by atoms with Crippen molar-refractivity contribution >= 4 is 35.2 Å². The summed E-state index contributed by atoms with van der Waals surface area (Å²) in [4.78, 5) is 23.0. The first-order chi connectivity index (χ1) is 10.5. The number of Topliss-reactive ketones (excluding diaryl/α,β-unsaturated/α-hetero) is 1. The molecule has 4 nitrogen and oxygen atoms in total. The van der Waals surface area contributed by atoms with Gasteiger partial charge in [-0.3, -0.25) is 4.79 Å². The smallest absolute Gasteiger partial charge is 0.314 e. The summed E-state index contributed by atoms with van der Waals surface area (Å²) in [5.41, 5.74) is 2.03. The van der Waals surface area contributed by atoms with Crippen LogP contribution in [0, 0.1) is 0 Å². The lowest BCUT2D eigenvalue weighted by molar-refractivity contribution is 0.101. The second-order valence-corrected chi connectivity index (χ2v) is 5.06. The average molecular weight is 315 g/mol. The molecule has 0 saturated heterocycles. The molecule has 0 aromatic heterocycles. The fraction of sp³-hybridized carbons (Fsp3) is 0.0588. The van der Waals surface area contributed by atoms with Gasteiger partial charge in [-0.15, -0.1) is 0 Å². The Hall–Kier alpha value is -2.59. The number of carbonyl (C=O) groups excluding carboxylic acids is 2. The fourth-order valence-corrected chi connectivity index (χ4v) is 1.90. The molecule has 2 aromatic carbocycles. The maximum Gasteiger partial charge on any atom is 0.323 e. The number of hydrogen-bond acceptors (Lipinski definition) is 2. The predicted octanol–water partition coefficient (Wildman–Crippen LogP) is 4.34. The van der Waals surface area contributed by atoms with Crippen LogP contribution < -0.4 is 10.6 Å². The Morgan fingerprint density at radius 3 is 2.50 bits per heavy atom. The van der Waals surface area contributed by atoms with Crippen LogP contribution in [0.5, 0.6) is 0 Å². The van der Waals surface area contributed by atoms with Crippen molar-refractivity contribution in [3.8, 4) is 0 Å². The van der Waals surface area contributed by atoms with Gasteiger partial charge in [-0.1, -0.05) is 35.9 Å². The minimum atomic E-state index is -0.383. The van der Waals surface area contributed by atoms with Gasteiger partial charge in [0.05, 0.1) is 0 Å². The van der Waals surface area contributed by atoms with Gasteiger partial charge in [-0.05, 0) is 42.8 Å². The second kappa shape index (κ2) is 7.43. The Labute approximate surface area is 133 Å². The molecule has 0 unspecified atom stereocenters. The largest absolute Gasteiger partial charge is 0.323 e. The minimum Gasteiger partial charge on any atom is -0.314 e. The zero-order chi connectivity index (χ0) is 15.9. The van der Waals surface area contributed by atoms with E-state index in [4.69, 9.17) is 11.6 Å². The minimum absolute atomic E-state index is 0.0494. The Morgan fingerprint density at radius 1 is 1.09 bits per heavy atom. The summed E-state index contributed by atoms with van der Waals surface area (Å²) < 4.78 is 0. The highest BCUT2D eigenvalue weighted by atomic mass is 35.5. The van der Waals surface area contributed by atoms with Gasteiger partial charge < -0.3 is 10.6 Å². The monoisotopic (exact) mass is 314 g/mol. The molecule has 22 heavy (non-hydrogen) atoms. The maximum absolute atomic E-state index is 11.8. The zero-order valence-corrected chi connectivity index (χ0v) is 12.7. The summed E-state index contributed by atoms with van der Waals surface area (Å²) in [5.74, 6) is -0.0494. The van der Waals surface area contributed by atoms with Crippen LogP contribution in [-0.4, -0.2) is 11.8 Å². The Kier molecular flexibility index (Phi) is 5.33. The molecular weight excluding hydrogens is 300 g/mol. The standard InChI is InChI=1S/C17H15ClN2O2/c1-12(21)14-3-2-4-16(11-14)20-17(22)19-10-9-13-5-7-15(18)8-6-13/h2-11H,1H3,(H2,19,20,22)/b10-9+. The molecule has 0 atom stereocenters. The van der Waals surface area contributed by atoms with E-state index in [1.165, 1.54) is 13.1 Å². The fourth-order valence-electron chi connectivity index (χ4n) is 1.77. The molecule has 112 valence electrons. The number of urea groups is 1. The number of amides is 2. The number of anilines is 1. The first-order valence-corrected chi connectivity index (χ1v) is 7.03. The molecule has 0 aliphatic carbocycles. The van der Waals surface area contributed by atoms with E-state index in [-0.39, 0.29) is 11.8 Å². The van der Waals surface area contributed by atoms with Gasteiger partial charge in [0, 0.05) is 22.5 Å². The molecule has 0 fully saturated rings. The van der Waals surface area contributed by atoms with E-state index in [0.29, 0.717) is 16.3 Å². The number of hydrogen-bond donors (Lipinski definition) is 2. The highest BCUT2D eigenvalue weighted by Gasteiger charge is 2.03. The molecule has 2 aromatic rings. The molecule has 0 spiro atoms. The summed E-state index contributed by atoms with van der Waals surface area (Å²) in [5, 5.41) is 5.91. The normalized spacial score (nSPS) is 10.5. The van der Waals surface area contributed by atoms with Crippen molar-refractivity contribution in [1.82, 2.24) is 5.32 Å². The summed E-state index contributed by atoms with van der Waals surface area (Å²) in [7, 11) is 0. The number of nitrogens with one attached hydrogen (secondary N) is 2. The number of carbonyl (C=O) groups is 2. The highest BCUT2D eigenvalue weighted by molar-refractivity contribution is 6.30. The van der Waals surface area contributed by atoms with E-state index in [0.717, 1.165) is 5.56 Å². The highest BCUT2D eigenvalue weighted by Crippen LogP contribution is 2.11. The third-order valence-corrected chi connectivity index (χ3v) is 3.14. The zero-order valence-electron chi connectivity index (χ0n) is 12.0. The molecule has 0 aliphatic heterocycles. The van der Waals surface area contributed by atoms with Crippen LogP contribution in [0.25, 0.3) is 6.08 Å². The average Bonchev–Trinajstić information content (AvgIpc) is 2.49. The molecule has 5 heteroatoms. The summed E-state index contributed by atoms with van der Waals surface area (Å²) >= 11 is 5.79. The van der Waals surface area contributed by atoms with E-state index in [1.807, 2.05) is 12.1 Å². The van der Waals surface area contributed by atoms with E-state index in [9.17, 15) is 9.59 Å². The number of benzene rings is 2. The van der Waals surface area contributed by atoms with Crippen LogP contribution in [0.2, 0.25) is 5.02 Å². The number of ketones is 1. The summed E-state index contributed by atoms with van der Waals surface area (Å²) in [6.45, 7) is 1.48. The molecule has 0 aliphatic rings. The van der Waals surface area contributed by atoms with E-state index < -0.39 is 0 Å². The van der Waals surface area contributed by atoms with Crippen LogP contribution in [0.4, 0.5) is 10.5 Å². The molecule has 2 amide bonds.